The Morgan fingerprint density at radius 2 is 1.32 bits per heavy atom. The van der Waals surface area contributed by atoms with Crippen LogP contribution in [0, 0.1) is 11.8 Å². The number of halogens is 14. The summed E-state index contributed by atoms with van der Waals surface area (Å²) in [7, 11) is 0. The molecule has 0 bridgehead atoms. The van der Waals surface area contributed by atoms with Gasteiger partial charge in [0.2, 0.25) is 0 Å². The Morgan fingerprint density at radius 1 is 0.794 bits per heavy atom. The maximum absolute atomic E-state index is 15.4. The molecule has 202 valence electrons. The van der Waals surface area contributed by atoms with Crippen molar-refractivity contribution in [3.63, 3.8) is 0 Å². The van der Waals surface area contributed by atoms with Crippen LogP contribution in [0.1, 0.15) is 32.6 Å². The molecule has 16 heteroatoms. The lowest BCUT2D eigenvalue weighted by Crippen LogP contribution is -2.67. The van der Waals surface area contributed by atoms with Gasteiger partial charge in [-0.2, -0.15) is 39.5 Å². The predicted octanol–water partition coefficient (Wildman–Crippen LogP) is 6.55. The van der Waals surface area contributed by atoms with Crippen LogP contribution in [0.3, 0.4) is 0 Å². The lowest BCUT2D eigenvalue weighted by molar-refractivity contribution is -0.337. The van der Waals surface area contributed by atoms with Crippen molar-refractivity contribution in [2.24, 2.45) is 11.8 Å². The van der Waals surface area contributed by atoms with Crippen molar-refractivity contribution in [3.05, 3.63) is 0 Å². The van der Waals surface area contributed by atoms with Crippen molar-refractivity contribution >= 4 is 0 Å². The van der Waals surface area contributed by atoms with Crippen molar-refractivity contribution in [1.29, 1.82) is 0 Å². The van der Waals surface area contributed by atoms with Gasteiger partial charge in [-0.15, -0.1) is 0 Å². The molecule has 2 nitrogen and oxygen atoms in total. The van der Waals surface area contributed by atoms with E-state index in [0.29, 0.717) is 0 Å². The third-order valence-electron chi connectivity index (χ3n) is 6.04. The Hall–Kier alpha value is -1.06. The van der Waals surface area contributed by atoms with Gasteiger partial charge in [0.05, 0.1) is 5.92 Å². The molecule has 7 unspecified atom stereocenters. The highest BCUT2D eigenvalue weighted by Gasteiger charge is 2.71. The predicted molar refractivity (Wildman–Crippen MR) is 88.1 cm³/mol. The molecule has 7 atom stereocenters. The molecule has 0 radical (unpaired) electrons. The molecule has 2 rings (SSSR count). The minimum Gasteiger partial charge on any atom is -0.365 e. The van der Waals surface area contributed by atoms with E-state index in [1.54, 1.807) is 0 Å². The average Bonchev–Trinajstić information content (AvgIpc) is 2.69. The molecule has 0 amide bonds. The quantitative estimate of drug-likeness (QED) is 0.294. The summed E-state index contributed by atoms with van der Waals surface area (Å²) in [4.78, 5) is -0.0708. The van der Waals surface area contributed by atoms with Gasteiger partial charge >= 0.3 is 24.5 Å². The highest BCUT2D eigenvalue weighted by Crippen LogP contribution is 2.50. The molecular formula is C18H21F14NO. The smallest absolute Gasteiger partial charge is 0.365 e. The summed E-state index contributed by atoms with van der Waals surface area (Å²) in [6.07, 6.45) is -36.0. The van der Waals surface area contributed by atoms with Gasteiger partial charge in [-0.1, -0.05) is 6.92 Å². The van der Waals surface area contributed by atoms with Crippen molar-refractivity contribution in [2.75, 3.05) is 13.1 Å². The van der Waals surface area contributed by atoms with Crippen LogP contribution in [0.15, 0.2) is 0 Å². The van der Waals surface area contributed by atoms with Gasteiger partial charge in [0.1, 0.15) is 12.2 Å². The molecule has 0 saturated carbocycles. The summed E-state index contributed by atoms with van der Waals surface area (Å²) in [5.41, 5.74) is -5.18. The second-order valence-corrected chi connectivity index (χ2v) is 8.76. The zero-order valence-corrected chi connectivity index (χ0v) is 17.4. The third-order valence-corrected chi connectivity index (χ3v) is 6.04. The van der Waals surface area contributed by atoms with Gasteiger partial charge in [-0.3, -0.25) is 4.90 Å². The number of rotatable bonds is 5. The summed E-state index contributed by atoms with van der Waals surface area (Å²) in [6.45, 7) is -0.969. The summed E-state index contributed by atoms with van der Waals surface area (Å²) in [5, 5.41) is 0. The van der Waals surface area contributed by atoms with Gasteiger partial charge in [0.25, 0.3) is 11.8 Å². The van der Waals surface area contributed by atoms with Gasteiger partial charge in [0, 0.05) is 13.1 Å². The molecule has 2 fully saturated rings. The standard InChI is InChI=1S/C18H21F14NO/c1-8-5-9(16(24,25)26)7-33(6-8)13(20)14(21,18(30,31)32)10-3-2-4-11(34-10)15(22,23)12(19)17(27,28)29/h8-13H,2-7H2,1H3. The van der Waals surface area contributed by atoms with Gasteiger partial charge in [-0.05, 0) is 31.6 Å². The fraction of sp³-hybridized carbons (Fsp3) is 1.00. The van der Waals surface area contributed by atoms with Gasteiger partial charge < -0.3 is 4.74 Å². The number of piperidine rings is 1. The number of alkyl halides is 14. The number of hydrogen-bond acceptors (Lipinski definition) is 2. The molecule has 2 aliphatic heterocycles. The van der Waals surface area contributed by atoms with Gasteiger partial charge in [0.15, 0.2) is 6.30 Å². The highest BCUT2D eigenvalue weighted by atomic mass is 19.4. The molecule has 0 aliphatic carbocycles. The summed E-state index contributed by atoms with van der Waals surface area (Å²) in [5.74, 6) is -8.77. The first kappa shape index (κ1) is 29.2. The number of ether oxygens (including phenoxy) is 1. The van der Waals surface area contributed by atoms with Crippen LogP contribution >= 0.6 is 0 Å². The maximum atomic E-state index is 15.4. The molecule has 0 aromatic carbocycles. The van der Waals surface area contributed by atoms with Crippen molar-refractivity contribution < 1.29 is 66.2 Å². The lowest BCUT2D eigenvalue weighted by atomic mass is 9.84. The van der Waals surface area contributed by atoms with Crippen molar-refractivity contribution in [3.8, 4) is 0 Å². The van der Waals surface area contributed by atoms with E-state index >= 15 is 8.78 Å². The average molecular weight is 533 g/mol. The minimum atomic E-state index is -6.22. The second-order valence-electron chi connectivity index (χ2n) is 8.76. The zero-order valence-electron chi connectivity index (χ0n) is 17.4. The monoisotopic (exact) mass is 533 g/mol. The molecular weight excluding hydrogens is 512 g/mol. The van der Waals surface area contributed by atoms with Crippen LogP contribution in [0.4, 0.5) is 61.5 Å². The van der Waals surface area contributed by atoms with Crippen LogP contribution in [0.25, 0.3) is 0 Å². The van der Waals surface area contributed by atoms with Crippen LogP contribution in [0.2, 0.25) is 0 Å². The molecule has 0 N–H and O–H groups in total. The number of nitrogens with zero attached hydrogens (tertiary/aromatic N) is 1. The fourth-order valence-electron chi connectivity index (χ4n) is 4.35. The molecule has 2 aliphatic rings. The van der Waals surface area contributed by atoms with E-state index in [4.69, 9.17) is 0 Å². The summed E-state index contributed by atoms with van der Waals surface area (Å²) >= 11 is 0. The first-order chi connectivity index (χ1) is 15.1. The fourth-order valence-corrected chi connectivity index (χ4v) is 4.35. The third kappa shape index (κ3) is 5.67. The Labute approximate surface area is 184 Å². The van der Waals surface area contributed by atoms with Crippen LogP contribution in [0.5, 0.6) is 0 Å². The Morgan fingerprint density at radius 3 is 1.79 bits per heavy atom. The first-order valence-corrected chi connectivity index (χ1v) is 10.1. The van der Waals surface area contributed by atoms with Crippen LogP contribution in [-0.4, -0.2) is 72.8 Å². The van der Waals surface area contributed by atoms with Crippen molar-refractivity contribution in [1.82, 2.24) is 4.90 Å². The minimum absolute atomic E-state index is 0.0708. The molecule has 34 heavy (non-hydrogen) atoms. The molecule has 2 heterocycles. The Balaban J connectivity index is 2.37. The lowest BCUT2D eigenvalue weighted by Gasteiger charge is -2.47. The first-order valence-electron chi connectivity index (χ1n) is 10.1. The SMILES string of the molecule is CC1CC(C(F)(F)F)CN(C(F)C(F)(C2CCCC(C(F)(F)C(F)C(F)(F)F)O2)C(F)(F)F)C1. The van der Waals surface area contributed by atoms with Crippen LogP contribution < -0.4 is 0 Å². The normalized spacial score (nSPS) is 32.2. The Bertz CT molecular complexity index is 692. The Kier molecular flexibility index (Phi) is 8.09. The summed E-state index contributed by atoms with van der Waals surface area (Å²) < 4.78 is 194. The molecule has 0 spiro atoms. The number of likely N-dealkylation sites (tertiary alicyclic amines) is 1. The van der Waals surface area contributed by atoms with E-state index in [9.17, 15) is 52.7 Å². The zero-order chi connectivity index (χ0) is 26.5. The van der Waals surface area contributed by atoms with E-state index in [-0.39, 0.29) is 4.90 Å². The van der Waals surface area contributed by atoms with E-state index in [1.807, 2.05) is 0 Å². The van der Waals surface area contributed by atoms with E-state index in [2.05, 4.69) is 4.74 Å². The van der Waals surface area contributed by atoms with Crippen LogP contribution in [-0.2, 0) is 4.74 Å². The molecule has 0 aromatic heterocycles. The second kappa shape index (κ2) is 9.43. The van der Waals surface area contributed by atoms with E-state index in [1.165, 1.54) is 0 Å². The van der Waals surface area contributed by atoms with E-state index < -0.39 is 105 Å². The largest absolute Gasteiger partial charge is 0.429 e. The molecule has 0 aromatic rings. The topological polar surface area (TPSA) is 12.5 Å². The maximum Gasteiger partial charge on any atom is 0.429 e. The van der Waals surface area contributed by atoms with Gasteiger partial charge in [-0.25, -0.2) is 22.0 Å². The summed E-state index contributed by atoms with van der Waals surface area (Å²) in [6, 6.07) is 0. The van der Waals surface area contributed by atoms with E-state index in [0.717, 1.165) is 6.92 Å². The highest BCUT2D eigenvalue weighted by molar-refractivity contribution is 5.05. The van der Waals surface area contributed by atoms with Crippen molar-refractivity contribution in [2.45, 2.75) is 87.4 Å². The molecule has 2 saturated heterocycles. The number of hydrogen-bond donors (Lipinski definition) is 0.